The summed E-state index contributed by atoms with van der Waals surface area (Å²) in [6.07, 6.45) is -3.45. The first-order chi connectivity index (χ1) is 13.7. The molecule has 2 aromatic rings. The molecule has 0 aliphatic rings. The van der Waals surface area contributed by atoms with Crippen LogP contribution in [0.4, 0.5) is 19.0 Å². The molecule has 0 aliphatic carbocycles. The lowest BCUT2D eigenvalue weighted by molar-refractivity contribution is -0.145. The number of ether oxygens (including phenoxy) is 2. The van der Waals surface area contributed by atoms with Crippen molar-refractivity contribution < 1.29 is 27.4 Å². The van der Waals surface area contributed by atoms with Gasteiger partial charge in [-0.2, -0.15) is 18.3 Å². The van der Waals surface area contributed by atoms with Gasteiger partial charge in [-0.25, -0.2) is 14.8 Å². The molecule has 1 heterocycles. The topological polar surface area (TPSA) is 64.0 Å². The number of carbonyl (C=O) groups excluding carboxylic acids is 1. The molecule has 0 radical (unpaired) electrons. The molecule has 0 amide bonds. The summed E-state index contributed by atoms with van der Waals surface area (Å²) in [7, 11) is 1.53. The Labute approximate surface area is 167 Å². The molecule has 0 N–H and O–H groups in total. The van der Waals surface area contributed by atoms with Crippen LogP contribution in [0.2, 0.25) is 0 Å². The Balaban J connectivity index is 2.55. The van der Waals surface area contributed by atoms with Crippen LogP contribution < -0.4 is 9.75 Å². The Morgan fingerprint density at radius 2 is 1.90 bits per heavy atom. The Morgan fingerprint density at radius 1 is 1.24 bits per heavy atom. The Hall–Kier alpha value is -3.10. The number of methoxy groups -OCH3 is 1. The number of alkyl halides is 3. The van der Waals surface area contributed by atoms with E-state index in [0.29, 0.717) is 17.0 Å². The van der Waals surface area contributed by atoms with Gasteiger partial charge < -0.3 is 9.47 Å². The second-order valence-electron chi connectivity index (χ2n) is 6.06. The summed E-state index contributed by atoms with van der Waals surface area (Å²) in [5, 5.41) is 5.24. The van der Waals surface area contributed by atoms with Gasteiger partial charge in [-0.1, -0.05) is 0 Å². The number of pyridine rings is 1. The van der Waals surface area contributed by atoms with Gasteiger partial charge in [0, 0.05) is 6.20 Å². The van der Waals surface area contributed by atoms with E-state index in [2.05, 4.69) is 10.1 Å². The Morgan fingerprint density at radius 3 is 2.45 bits per heavy atom. The van der Waals surface area contributed by atoms with Gasteiger partial charge in [0.2, 0.25) is 0 Å². The Bertz CT molecular complexity index is 867. The first-order valence-electron chi connectivity index (χ1n) is 8.86. The summed E-state index contributed by atoms with van der Waals surface area (Å²) < 4.78 is 50.6. The van der Waals surface area contributed by atoms with E-state index >= 15 is 0 Å². The summed E-state index contributed by atoms with van der Waals surface area (Å²) in [4.78, 5) is 16.1. The maximum atomic E-state index is 13.5. The molecule has 6 nitrogen and oxygen atoms in total. The predicted molar refractivity (Wildman–Crippen MR) is 103 cm³/mol. The molecule has 0 saturated heterocycles. The van der Waals surface area contributed by atoms with E-state index in [1.807, 2.05) is 0 Å². The zero-order valence-electron chi connectivity index (χ0n) is 16.5. The highest BCUT2D eigenvalue weighted by molar-refractivity contribution is 5.99. The summed E-state index contributed by atoms with van der Waals surface area (Å²) in [5.74, 6) is -0.562. The summed E-state index contributed by atoms with van der Waals surface area (Å²) in [6, 6.07) is 7.79. The van der Waals surface area contributed by atoms with Gasteiger partial charge in [0.05, 0.1) is 25.0 Å². The molecular weight excluding hydrogens is 387 g/mol. The normalized spacial score (nSPS) is 13.0. The van der Waals surface area contributed by atoms with Crippen LogP contribution >= 0.6 is 0 Å². The maximum Gasteiger partial charge on any atom is 0.420 e. The van der Waals surface area contributed by atoms with Crippen molar-refractivity contribution in [2.24, 2.45) is 5.10 Å². The fraction of sp³-hybridized carbons (Fsp3) is 0.350. The van der Waals surface area contributed by atoms with Gasteiger partial charge in [-0.3, -0.25) is 0 Å². The monoisotopic (exact) mass is 409 g/mol. The highest BCUT2D eigenvalue weighted by Crippen LogP contribution is 2.36. The number of esters is 1. The average molecular weight is 409 g/mol. The van der Waals surface area contributed by atoms with E-state index in [9.17, 15) is 18.0 Å². The third kappa shape index (κ3) is 5.46. The number of carbonyl (C=O) groups is 1. The van der Waals surface area contributed by atoms with Crippen LogP contribution in [0.3, 0.4) is 0 Å². The molecular formula is C20H22F3N3O3. The molecule has 29 heavy (non-hydrogen) atoms. The molecule has 2 rings (SSSR count). The molecule has 9 heteroatoms. The number of rotatable bonds is 7. The second kappa shape index (κ2) is 9.40. The van der Waals surface area contributed by atoms with Crippen LogP contribution in [0.15, 0.2) is 47.7 Å². The number of benzene rings is 1. The quantitative estimate of drug-likeness (QED) is 0.388. The third-order valence-electron chi connectivity index (χ3n) is 4.07. The van der Waals surface area contributed by atoms with Crippen molar-refractivity contribution in [3.05, 3.63) is 53.7 Å². The van der Waals surface area contributed by atoms with Gasteiger partial charge in [0.15, 0.2) is 5.82 Å². The average Bonchev–Trinajstić information content (AvgIpc) is 2.71. The van der Waals surface area contributed by atoms with Gasteiger partial charge in [-0.05, 0) is 62.7 Å². The molecule has 0 fully saturated rings. The van der Waals surface area contributed by atoms with Crippen LogP contribution in [0, 0.1) is 0 Å². The maximum absolute atomic E-state index is 13.5. The van der Waals surface area contributed by atoms with Gasteiger partial charge in [0.25, 0.3) is 0 Å². The molecule has 1 aromatic carbocycles. The van der Waals surface area contributed by atoms with Crippen molar-refractivity contribution in [2.45, 2.75) is 33.0 Å². The number of hydrogen-bond donors (Lipinski definition) is 0. The Kier molecular flexibility index (Phi) is 7.19. The second-order valence-corrected chi connectivity index (χ2v) is 6.06. The van der Waals surface area contributed by atoms with Crippen LogP contribution in [-0.2, 0) is 15.7 Å². The highest BCUT2D eigenvalue weighted by Gasteiger charge is 2.38. The highest BCUT2D eigenvalue weighted by atomic mass is 19.4. The van der Waals surface area contributed by atoms with E-state index in [1.54, 1.807) is 38.1 Å². The molecule has 156 valence electrons. The molecule has 1 unspecified atom stereocenters. The zero-order chi connectivity index (χ0) is 21.6. The van der Waals surface area contributed by atoms with E-state index in [0.717, 1.165) is 11.1 Å². The standard InChI is InChI=1S/C20H22F3N3O3/c1-5-29-19(27)14(3)26(18-17(20(21,22)23)7-6-12-24-18)25-13(2)15-8-10-16(28-4)11-9-15/h6-12,14H,5H2,1-4H3/b25-13+. The molecule has 1 aromatic heterocycles. The summed E-state index contributed by atoms with van der Waals surface area (Å²) in [6.45, 7) is 4.75. The fourth-order valence-electron chi connectivity index (χ4n) is 2.53. The first-order valence-corrected chi connectivity index (χ1v) is 8.86. The van der Waals surface area contributed by atoms with E-state index in [1.165, 1.54) is 26.3 Å². The summed E-state index contributed by atoms with van der Waals surface area (Å²) in [5.41, 5.74) is 0.0429. The lowest BCUT2D eigenvalue weighted by Gasteiger charge is -2.27. The van der Waals surface area contributed by atoms with E-state index in [-0.39, 0.29) is 6.61 Å². The number of hydrazone groups is 1. The van der Waals surface area contributed by atoms with Crippen molar-refractivity contribution in [3.8, 4) is 5.75 Å². The largest absolute Gasteiger partial charge is 0.497 e. The minimum atomic E-state index is -4.67. The van der Waals surface area contributed by atoms with Crippen molar-refractivity contribution in [3.63, 3.8) is 0 Å². The number of anilines is 1. The van der Waals surface area contributed by atoms with E-state index < -0.39 is 29.6 Å². The first kappa shape index (κ1) is 22.2. The molecule has 0 saturated carbocycles. The van der Waals surface area contributed by atoms with Crippen LogP contribution in [0.1, 0.15) is 31.9 Å². The van der Waals surface area contributed by atoms with Gasteiger partial charge >= 0.3 is 12.1 Å². The smallest absolute Gasteiger partial charge is 0.420 e. The van der Waals surface area contributed by atoms with Gasteiger partial charge in [0.1, 0.15) is 11.8 Å². The SMILES string of the molecule is CCOC(=O)C(C)N(/N=C(\C)c1ccc(OC)cc1)c1ncccc1C(F)(F)F. The zero-order valence-corrected chi connectivity index (χ0v) is 16.5. The van der Waals surface area contributed by atoms with Crippen molar-refractivity contribution in [1.82, 2.24) is 4.98 Å². The molecule has 0 aliphatic heterocycles. The number of nitrogens with zero attached hydrogens (tertiary/aromatic N) is 3. The number of aromatic nitrogens is 1. The van der Waals surface area contributed by atoms with Crippen molar-refractivity contribution >= 4 is 17.5 Å². The van der Waals surface area contributed by atoms with Crippen molar-refractivity contribution in [2.75, 3.05) is 18.7 Å². The molecule has 1 atom stereocenters. The van der Waals surface area contributed by atoms with Crippen LogP contribution in [0.25, 0.3) is 0 Å². The van der Waals surface area contributed by atoms with Crippen LogP contribution in [-0.4, -0.2) is 36.4 Å². The fourth-order valence-corrected chi connectivity index (χ4v) is 2.53. The lowest BCUT2D eigenvalue weighted by Crippen LogP contribution is -2.39. The number of hydrogen-bond acceptors (Lipinski definition) is 6. The molecule has 0 bridgehead atoms. The minimum absolute atomic E-state index is 0.0898. The van der Waals surface area contributed by atoms with Crippen molar-refractivity contribution in [1.29, 1.82) is 0 Å². The van der Waals surface area contributed by atoms with Crippen LogP contribution in [0.5, 0.6) is 5.75 Å². The minimum Gasteiger partial charge on any atom is -0.497 e. The summed E-state index contributed by atoms with van der Waals surface area (Å²) >= 11 is 0. The van der Waals surface area contributed by atoms with Gasteiger partial charge in [-0.15, -0.1) is 0 Å². The van der Waals surface area contributed by atoms with E-state index in [4.69, 9.17) is 9.47 Å². The lowest BCUT2D eigenvalue weighted by atomic mass is 10.1. The predicted octanol–water partition coefficient (Wildman–Crippen LogP) is 4.29. The molecule has 0 spiro atoms. The third-order valence-corrected chi connectivity index (χ3v) is 4.07. The number of halogens is 3.